The summed E-state index contributed by atoms with van der Waals surface area (Å²) in [6, 6.07) is 5.63. The van der Waals surface area contributed by atoms with Crippen LogP contribution in [-0.2, 0) is 9.59 Å². The lowest BCUT2D eigenvalue weighted by Crippen LogP contribution is -2.15. The van der Waals surface area contributed by atoms with Gasteiger partial charge in [-0.15, -0.1) is 11.3 Å². The average Bonchev–Trinajstić information content (AvgIpc) is 3.01. The Kier molecular flexibility index (Phi) is 4.82. The van der Waals surface area contributed by atoms with E-state index in [-0.39, 0.29) is 16.8 Å². The minimum atomic E-state index is -0.242. The number of aromatic nitrogens is 1. The maximum Gasteiger partial charge on any atom is 0.236 e. The molecule has 120 valence electrons. The molecular weight excluding hydrogens is 336 g/mol. The molecule has 0 unspecified atom stereocenters. The molecule has 6 nitrogen and oxygen atoms in total. The summed E-state index contributed by atoms with van der Waals surface area (Å²) < 4.78 is 11.0. The number of carbonyl (C=O) groups is 2. The van der Waals surface area contributed by atoms with Gasteiger partial charge >= 0.3 is 0 Å². The van der Waals surface area contributed by atoms with E-state index < -0.39 is 0 Å². The van der Waals surface area contributed by atoms with Crippen LogP contribution < -0.4 is 14.8 Å². The Morgan fingerprint density at radius 1 is 1.30 bits per heavy atom. The van der Waals surface area contributed by atoms with Gasteiger partial charge in [0.15, 0.2) is 21.7 Å². The number of nitrogens with zero attached hydrogens (tertiary/aromatic N) is 1. The van der Waals surface area contributed by atoms with Gasteiger partial charge in [0, 0.05) is 17.9 Å². The summed E-state index contributed by atoms with van der Waals surface area (Å²) in [5, 5.41) is 4.97. The second-order valence-corrected chi connectivity index (χ2v) is 6.74. The fraction of sp³-hybridized carbons (Fsp3) is 0.267. The largest absolute Gasteiger partial charge is 0.486 e. The van der Waals surface area contributed by atoms with Gasteiger partial charge in [-0.05, 0) is 18.2 Å². The smallest absolute Gasteiger partial charge is 0.236 e. The molecule has 1 aromatic heterocycles. The second kappa shape index (κ2) is 7.01. The molecule has 1 aromatic carbocycles. The lowest BCUT2D eigenvalue weighted by atomic mass is 10.1. The van der Waals surface area contributed by atoms with Crippen molar-refractivity contribution in [3.8, 4) is 22.8 Å². The van der Waals surface area contributed by atoms with E-state index in [9.17, 15) is 9.59 Å². The third-order valence-electron chi connectivity index (χ3n) is 3.00. The van der Waals surface area contributed by atoms with Crippen molar-refractivity contribution in [2.75, 3.05) is 24.3 Å². The van der Waals surface area contributed by atoms with Gasteiger partial charge in [-0.25, -0.2) is 4.98 Å². The molecule has 0 bridgehead atoms. The van der Waals surface area contributed by atoms with Crippen molar-refractivity contribution in [2.45, 2.75) is 6.92 Å². The predicted molar refractivity (Wildman–Crippen MR) is 90.3 cm³/mol. The van der Waals surface area contributed by atoms with E-state index in [0.29, 0.717) is 24.1 Å². The van der Waals surface area contributed by atoms with E-state index in [1.807, 2.05) is 23.6 Å². The molecule has 0 saturated heterocycles. The molecule has 0 fully saturated rings. The number of hydrogen-bond donors (Lipinski definition) is 1. The highest BCUT2D eigenvalue weighted by molar-refractivity contribution is 8.14. The first-order valence-electron chi connectivity index (χ1n) is 6.90. The van der Waals surface area contributed by atoms with E-state index in [1.165, 1.54) is 18.3 Å². The van der Waals surface area contributed by atoms with E-state index in [4.69, 9.17) is 9.47 Å². The van der Waals surface area contributed by atoms with Gasteiger partial charge in [-0.3, -0.25) is 9.59 Å². The zero-order valence-corrected chi connectivity index (χ0v) is 14.0. The third-order valence-corrected chi connectivity index (χ3v) is 4.57. The van der Waals surface area contributed by atoms with Gasteiger partial charge in [0.25, 0.3) is 0 Å². The van der Waals surface area contributed by atoms with Gasteiger partial charge in [-0.1, -0.05) is 11.8 Å². The van der Waals surface area contributed by atoms with Crippen molar-refractivity contribution >= 4 is 39.3 Å². The van der Waals surface area contributed by atoms with E-state index in [2.05, 4.69) is 10.3 Å². The molecule has 2 heterocycles. The summed E-state index contributed by atoms with van der Waals surface area (Å²) in [5.74, 6) is 1.28. The predicted octanol–water partition coefficient (Wildman–Crippen LogP) is 2.80. The number of hydrogen-bond acceptors (Lipinski definition) is 7. The number of thioether (sulfide) groups is 1. The molecule has 0 atom stereocenters. The maximum atomic E-state index is 11.7. The molecule has 23 heavy (non-hydrogen) atoms. The Labute approximate surface area is 141 Å². The summed E-state index contributed by atoms with van der Waals surface area (Å²) >= 11 is 2.31. The number of nitrogens with one attached hydrogen (secondary N) is 1. The van der Waals surface area contributed by atoms with E-state index in [0.717, 1.165) is 28.8 Å². The van der Waals surface area contributed by atoms with Crippen LogP contribution in [0.4, 0.5) is 5.13 Å². The van der Waals surface area contributed by atoms with Gasteiger partial charge in [0.2, 0.25) is 5.91 Å². The molecule has 0 saturated carbocycles. The van der Waals surface area contributed by atoms with Crippen LogP contribution in [0, 0.1) is 0 Å². The lowest BCUT2D eigenvalue weighted by molar-refractivity contribution is -0.114. The van der Waals surface area contributed by atoms with Crippen LogP contribution in [-0.4, -0.2) is 35.0 Å². The number of amides is 1. The molecule has 1 amide bonds. The molecule has 3 rings (SSSR count). The highest BCUT2D eigenvalue weighted by Crippen LogP contribution is 2.35. The number of thiazole rings is 1. The Hall–Kier alpha value is -2.06. The van der Waals surface area contributed by atoms with Crippen LogP contribution >= 0.6 is 23.1 Å². The third kappa shape index (κ3) is 4.02. The molecule has 2 aromatic rings. The summed E-state index contributed by atoms with van der Waals surface area (Å²) in [5.41, 5.74) is 1.64. The van der Waals surface area contributed by atoms with Gasteiger partial charge in [-0.2, -0.15) is 0 Å². The van der Waals surface area contributed by atoms with Crippen LogP contribution in [0.5, 0.6) is 11.5 Å². The fourth-order valence-corrected chi connectivity index (χ4v) is 3.13. The zero-order chi connectivity index (χ0) is 16.2. The van der Waals surface area contributed by atoms with Crippen molar-refractivity contribution in [3.63, 3.8) is 0 Å². The molecule has 1 aliphatic rings. The van der Waals surface area contributed by atoms with Crippen LogP contribution in [0.25, 0.3) is 11.3 Å². The molecule has 1 N–H and O–H groups in total. The highest BCUT2D eigenvalue weighted by atomic mass is 32.2. The van der Waals surface area contributed by atoms with Crippen LogP contribution in [0.2, 0.25) is 0 Å². The summed E-state index contributed by atoms with van der Waals surface area (Å²) in [4.78, 5) is 26.9. The van der Waals surface area contributed by atoms with Crippen LogP contribution in [0.1, 0.15) is 6.92 Å². The van der Waals surface area contributed by atoms with Gasteiger partial charge in [0.05, 0.1) is 11.4 Å². The van der Waals surface area contributed by atoms with Crippen molar-refractivity contribution in [1.82, 2.24) is 4.98 Å². The molecule has 0 aliphatic carbocycles. The first-order chi connectivity index (χ1) is 11.1. The minimum absolute atomic E-state index is 0.0868. The fourth-order valence-electron chi connectivity index (χ4n) is 1.99. The molecule has 0 radical (unpaired) electrons. The second-order valence-electron chi connectivity index (χ2n) is 4.72. The van der Waals surface area contributed by atoms with Crippen LogP contribution in [0.15, 0.2) is 23.6 Å². The number of carbonyl (C=O) groups excluding carboxylic acids is 2. The Bertz CT molecular complexity index is 745. The highest BCUT2D eigenvalue weighted by Gasteiger charge is 2.14. The Balaban J connectivity index is 1.69. The number of ether oxygens (including phenoxy) is 2. The zero-order valence-electron chi connectivity index (χ0n) is 12.3. The first kappa shape index (κ1) is 15.8. The van der Waals surface area contributed by atoms with Crippen molar-refractivity contribution < 1.29 is 19.1 Å². The number of fused-ring (bicyclic) bond motifs is 1. The number of anilines is 1. The number of benzene rings is 1. The quantitative estimate of drug-likeness (QED) is 0.914. The summed E-state index contributed by atoms with van der Waals surface area (Å²) in [6.07, 6.45) is 0. The average molecular weight is 350 g/mol. The monoisotopic (exact) mass is 350 g/mol. The first-order valence-corrected chi connectivity index (χ1v) is 8.77. The minimum Gasteiger partial charge on any atom is -0.486 e. The summed E-state index contributed by atoms with van der Waals surface area (Å²) in [7, 11) is 0. The van der Waals surface area contributed by atoms with Gasteiger partial charge < -0.3 is 14.8 Å². The standard InChI is InChI=1S/C15H14N2O4S2/c1-9(18)22-8-14(19)17-15-16-11(7-23-15)10-2-3-12-13(6-10)21-5-4-20-12/h2-3,6-7H,4-5,8H2,1H3,(H,16,17,19). The Morgan fingerprint density at radius 3 is 2.87 bits per heavy atom. The Morgan fingerprint density at radius 2 is 2.09 bits per heavy atom. The van der Waals surface area contributed by atoms with Gasteiger partial charge in [0.1, 0.15) is 13.2 Å². The van der Waals surface area contributed by atoms with Crippen molar-refractivity contribution in [1.29, 1.82) is 0 Å². The SMILES string of the molecule is CC(=O)SCC(=O)Nc1nc(-c2ccc3c(c2)OCCO3)cs1. The lowest BCUT2D eigenvalue weighted by Gasteiger charge is -2.18. The van der Waals surface area contributed by atoms with Crippen molar-refractivity contribution in [3.05, 3.63) is 23.6 Å². The molecule has 8 heteroatoms. The summed E-state index contributed by atoms with van der Waals surface area (Å²) in [6.45, 7) is 2.52. The maximum absolute atomic E-state index is 11.7. The number of rotatable bonds is 4. The molecular formula is C15H14N2O4S2. The van der Waals surface area contributed by atoms with E-state index in [1.54, 1.807) is 0 Å². The molecule has 0 spiro atoms. The van der Waals surface area contributed by atoms with Crippen molar-refractivity contribution in [2.24, 2.45) is 0 Å². The van der Waals surface area contributed by atoms with Crippen LogP contribution in [0.3, 0.4) is 0 Å². The van der Waals surface area contributed by atoms with E-state index >= 15 is 0 Å². The normalized spacial score (nSPS) is 12.7. The molecule has 1 aliphatic heterocycles. The topological polar surface area (TPSA) is 77.5 Å².